The molecule has 1 aliphatic rings. The number of hydrogen-bond donors (Lipinski definition) is 2. The second-order valence-electron chi connectivity index (χ2n) is 7.13. The number of halogens is 1. The second-order valence-corrected chi connectivity index (χ2v) is 7.13. The van der Waals surface area contributed by atoms with Crippen LogP contribution in [-0.2, 0) is 6.54 Å². The summed E-state index contributed by atoms with van der Waals surface area (Å²) in [5.74, 6) is 0.871. The number of benzene rings is 1. The van der Waals surface area contributed by atoms with Crippen LogP contribution < -0.4 is 10.6 Å². The van der Waals surface area contributed by atoms with Crippen LogP contribution in [0.1, 0.15) is 44.2 Å². The number of aliphatic imine (C=N–C) groups is 1. The smallest absolute Gasteiger partial charge is 0.191 e. The largest absolute Gasteiger partial charge is 0.355 e. The van der Waals surface area contributed by atoms with Gasteiger partial charge in [-0.05, 0) is 52.3 Å². The van der Waals surface area contributed by atoms with E-state index >= 15 is 0 Å². The molecule has 0 aromatic heterocycles. The fraction of sp³-hybridized carbons (Fsp3) is 0.632. The summed E-state index contributed by atoms with van der Waals surface area (Å²) in [4.78, 5) is 6.94. The predicted molar refractivity (Wildman–Crippen MR) is 114 cm³/mol. The Morgan fingerprint density at radius 2 is 1.71 bits per heavy atom. The van der Waals surface area contributed by atoms with Gasteiger partial charge in [0.1, 0.15) is 0 Å². The number of rotatable bonds is 5. The third-order valence-electron chi connectivity index (χ3n) is 4.70. The highest BCUT2D eigenvalue weighted by Gasteiger charge is 2.27. The van der Waals surface area contributed by atoms with E-state index in [9.17, 15) is 0 Å². The first-order valence-corrected chi connectivity index (χ1v) is 8.76. The van der Waals surface area contributed by atoms with Crippen molar-refractivity contribution in [3.8, 4) is 0 Å². The predicted octanol–water partition coefficient (Wildman–Crippen LogP) is 3.54. The Kier molecular flexibility index (Phi) is 9.05. The Morgan fingerprint density at radius 1 is 1.08 bits per heavy atom. The Bertz CT molecular complexity index is 505. The van der Waals surface area contributed by atoms with Gasteiger partial charge in [0.15, 0.2) is 5.96 Å². The van der Waals surface area contributed by atoms with Gasteiger partial charge in [-0.1, -0.05) is 36.2 Å². The molecule has 0 amide bonds. The molecule has 0 unspecified atom stereocenters. The highest BCUT2D eigenvalue weighted by atomic mass is 127. The maximum absolute atomic E-state index is 4.34. The summed E-state index contributed by atoms with van der Waals surface area (Å²) in [5.41, 5.74) is 2.72. The molecule has 1 aromatic rings. The van der Waals surface area contributed by atoms with Gasteiger partial charge in [-0.3, -0.25) is 9.89 Å². The highest BCUT2D eigenvalue weighted by Crippen LogP contribution is 2.19. The van der Waals surface area contributed by atoms with Gasteiger partial charge < -0.3 is 10.6 Å². The van der Waals surface area contributed by atoms with Crippen molar-refractivity contribution >= 4 is 29.9 Å². The molecule has 0 spiro atoms. The summed E-state index contributed by atoms with van der Waals surface area (Å²) in [5, 5.41) is 6.89. The summed E-state index contributed by atoms with van der Waals surface area (Å²) in [6.45, 7) is 10.9. The first-order chi connectivity index (χ1) is 11.0. The van der Waals surface area contributed by atoms with Crippen molar-refractivity contribution in [2.45, 2.75) is 52.1 Å². The average molecular weight is 444 g/mol. The first-order valence-electron chi connectivity index (χ1n) is 8.76. The van der Waals surface area contributed by atoms with Crippen LogP contribution in [0.15, 0.2) is 29.3 Å². The molecule has 5 heteroatoms. The van der Waals surface area contributed by atoms with Crippen molar-refractivity contribution in [1.82, 2.24) is 15.5 Å². The van der Waals surface area contributed by atoms with E-state index in [1.165, 1.54) is 43.5 Å². The molecule has 4 nitrogen and oxygen atoms in total. The highest BCUT2D eigenvalue weighted by molar-refractivity contribution is 14.0. The van der Waals surface area contributed by atoms with E-state index in [1.807, 2.05) is 7.05 Å². The van der Waals surface area contributed by atoms with Crippen LogP contribution in [-0.4, -0.2) is 43.1 Å². The maximum Gasteiger partial charge on any atom is 0.191 e. The summed E-state index contributed by atoms with van der Waals surface area (Å²) >= 11 is 0. The van der Waals surface area contributed by atoms with Gasteiger partial charge in [-0.2, -0.15) is 0 Å². The van der Waals surface area contributed by atoms with Gasteiger partial charge in [-0.25, -0.2) is 0 Å². The van der Waals surface area contributed by atoms with Gasteiger partial charge in [0.25, 0.3) is 0 Å². The molecule has 1 heterocycles. The summed E-state index contributed by atoms with van der Waals surface area (Å²) in [6, 6.07) is 8.61. The molecule has 2 rings (SSSR count). The number of aryl methyl sites for hydroxylation is 1. The average Bonchev–Trinajstić information content (AvgIpc) is 2.57. The number of nitrogens with zero attached hydrogens (tertiary/aromatic N) is 2. The van der Waals surface area contributed by atoms with E-state index in [0.717, 1.165) is 19.0 Å². The van der Waals surface area contributed by atoms with E-state index < -0.39 is 0 Å². The molecule has 0 atom stereocenters. The quantitative estimate of drug-likeness (QED) is 0.415. The molecule has 2 N–H and O–H groups in total. The van der Waals surface area contributed by atoms with Gasteiger partial charge >= 0.3 is 0 Å². The van der Waals surface area contributed by atoms with Gasteiger partial charge in [0.2, 0.25) is 0 Å². The minimum atomic E-state index is 0. The van der Waals surface area contributed by atoms with E-state index in [4.69, 9.17) is 0 Å². The van der Waals surface area contributed by atoms with Crippen molar-refractivity contribution in [3.05, 3.63) is 35.4 Å². The fourth-order valence-corrected chi connectivity index (χ4v) is 3.02. The molecule has 0 saturated carbocycles. The van der Waals surface area contributed by atoms with E-state index in [-0.39, 0.29) is 29.5 Å². The van der Waals surface area contributed by atoms with E-state index in [2.05, 4.69) is 65.6 Å². The SMILES string of the molecule is CN=C(NCc1ccc(C)cc1)NCC(C)(C)N1CCCCC1.I. The molecule has 0 bridgehead atoms. The zero-order valence-electron chi connectivity index (χ0n) is 15.6. The molecular formula is C19H33IN4. The van der Waals surface area contributed by atoms with Gasteiger partial charge in [0.05, 0.1) is 0 Å². The molecule has 1 saturated heterocycles. The lowest BCUT2D eigenvalue weighted by Gasteiger charge is -2.41. The fourth-order valence-electron chi connectivity index (χ4n) is 3.02. The number of hydrogen-bond acceptors (Lipinski definition) is 2. The molecule has 0 radical (unpaired) electrons. The maximum atomic E-state index is 4.34. The molecule has 24 heavy (non-hydrogen) atoms. The van der Waals surface area contributed by atoms with Crippen LogP contribution in [0.2, 0.25) is 0 Å². The molecular weight excluding hydrogens is 411 g/mol. The molecule has 1 fully saturated rings. The van der Waals surface area contributed by atoms with Crippen molar-refractivity contribution in [2.75, 3.05) is 26.7 Å². The van der Waals surface area contributed by atoms with E-state index in [1.54, 1.807) is 0 Å². The molecule has 1 aromatic carbocycles. The third-order valence-corrected chi connectivity index (χ3v) is 4.70. The zero-order valence-corrected chi connectivity index (χ0v) is 17.9. The summed E-state index contributed by atoms with van der Waals surface area (Å²) in [6.07, 6.45) is 4.02. The Hall–Kier alpha value is -0.820. The van der Waals surface area contributed by atoms with Crippen LogP contribution in [0.25, 0.3) is 0 Å². The van der Waals surface area contributed by atoms with Crippen molar-refractivity contribution in [1.29, 1.82) is 0 Å². The lowest BCUT2D eigenvalue weighted by molar-refractivity contribution is 0.0982. The third kappa shape index (κ3) is 6.59. The first kappa shape index (κ1) is 21.2. The lowest BCUT2D eigenvalue weighted by atomic mass is 9.98. The summed E-state index contributed by atoms with van der Waals surface area (Å²) in [7, 11) is 1.83. The molecule has 0 aliphatic carbocycles. The van der Waals surface area contributed by atoms with Crippen molar-refractivity contribution < 1.29 is 0 Å². The monoisotopic (exact) mass is 444 g/mol. The minimum absolute atomic E-state index is 0. The lowest BCUT2D eigenvalue weighted by Crippen LogP contribution is -2.54. The van der Waals surface area contributed by atoms with Crippen LogP contribution in [0.5, 0.6) is 0 Å². The molecule has 136 valence electrons. The van der Waals surface area contributed by atoms with Crippen LogP contribution in [0, 0.1) is 6.92 Å². The minimum Gasteiger partial charge on any atom is -0.355 e. The Balaban J connectivity index is 0.00000288. The van der Waals surface area contributed by atoms with Gasteiger partial charge in [0, 0.05) is 25.7 Å². The standard InChI is InChI=1S/C19H32N4.HI/c1-16-8-10-17(11-9-16)14-21-18(20-4)22-15-19(2,3)23-12-6-5-7-13-23;/h8-11H,5-7,12-15H2,1-4H3,(H2,20,21,22);1H. The number of nitrogens with one attached hydrogen (secondary N) is 2. The summed E-state index contributed by atoms with van der Waals surface area (Å²) < 4.78 is 0. The van der Waals surface area contributed by atoms with E-state index in [0.29, 0.717) is 0 Å². The molecule has 1 aliphatic heterocycles. The van der Waals surface area contributed by atoms with Crippen molar-refractivity contribution in [2.24, 2.45) is 4.99 Å². The Morgan fingerprint density at radius 3 is 2.29 bits per heavy atom. The van der Waals surface area contributed by atoms with Crippen LogP contribution in [0.3, 0.4) is 0 Å². The van der Waals surface area contributed by atoms with Crippen molar-refractivity contribution in [3.63, 3.8) is 0 Å². The number of guanidine groups is 1. The normalized spacial score (nSPS) is 16.4. The number of likely N-dealkylation sites (tertiary alicyclic amines) is 1. The number of piperidine rings is 1. The van der Waals surface area contributed by atoms with Crippen LogP contribution in [0.4, 0.5) is 0 Å². The van der Waals surface area contributed by atoms with Gasteiger partial charge in [-0.15, -0.1) is 24.0 Å². The second kappa shape index (κ2) is 10.2. The van der Waals surface area contributed by atoms with Crippen LogP contribution >= 0.6 is 24.0 Å². The zero-order chi connectivity index (χ0) is 16.7. The topological polar surface area (TPSA) is 39.7 Å². The Labute approximate surface area is 164 Å².